The number of piperazine rings is 1. The number of nitrogens with zero attached hydrogens (tertiary/aromatic N) is 5. The molecule has 0 aliphatic carbocycles. The van der Waals surface area contributed by atoms with Crippen LogP contribution in [0.25, 0.3) is 0 Å². The number of anilines is 2. The van der Waals surface area contributed by atoms with Gasteiger partial charge in [0.25, 0.3) is 5.71 Å². The van der Waals surface area contributed by atoms with Crippen molar-refractivity contribution in [3.05, 3.63) is 95.2 Å². The van der Waals surface area contributed by atoms with E-state index in [0.717, 1.165) is 52.7 Å². The molecule has 35 heavy (non-hydrogen) atoms. The van der Waals surface area contributed by atoms with Crippen molar-refractivity contribution in [2.75, 3.05) is 49.1 Å². The molecule has 0 radical (unpaired) electrons. The van der Waals surface area contributed by atoms with E-state index in [0.29, 0.717) is 37.5 Å². The number of fused-ring (bicyclic) bond motifs is 3. The predicted molar refractivity (Wildman–Crippen MR) is 139 cm³/mol. The fourth-order valence-electron chi connectivity index (χ4n) is 5.13. The Balaban J connectivity index is 1.22. The Bertz CT molecular complexity index is 1310. The topological polar surface area (TPSA) is 65.2 Å². The Morgan fingerprint density at radius 2 is 1.60 bits per heavy atom. The quantitative estimate of drug-likeness (QED) is 0.437. The molecule has 0 bridgehead atoms. The van der Waals surface area contributed by atoms with Gasteiger partial charge in [0.2, 0.25) is 17.4 Å². The van der Waals surface area contributed by atoms with Crippen molar-refractivity contribution in [3.63, 3.8) is 0 Å². The lowest BCUT2D eigenvalue weighted by Gasteiger charge is -2.37. The molecule has 1 saturated heterocycles. The van der Waals surface area contributed by atoms with Crippen molar-refractivity contribution in [1.29, 1.82) is 0 Å². The van der Waals surface area contributed by atoms with Crippen LogP contribution in [0.5, 0.6) is 0 Å². The number of carbonyl (C=O) groups excluding carboxylic acids is 1. The standard InChI is InChI=1S/C28H27N5O2/c34-26(19-21-7-3-1-4-8-21)31-17-15-30(16-18-31)23-11-12-24-25(20-23)32-14-13-29-28(32)27(33(24)35)22-9-5-2-6-10-22/h1-12,20H,13-19H2. The number of carbonyl (C=O) groups is 1. The molecule has 1 fully saturated rings. The van der Waals surface area contributed by atoms with E-state index in [9.17, 15) is 10.0 Å². The van der Waals surface area contributed by atoms with Crippen LogP contribution in [-0.4, -0.2) is 66.4 Å². The van der Waals surface area contributed by atoms with Gasteiger partial charge in [0, 0.05) is 44.5 Å². The second kappa shape index (κ2) is 8.91. The minimum atomic E-state index is 0.171. The van der Waals surface area contributed by atoms with Gasteiger partial charge in [-0.2, -0.15) is 4.74 Å². The third-order valence-electron chi connectivity index (χ3n) is 6.97. The summed E-state index contributed by atoms with van der Waals surface area (Å²) in [5.41, 5.74) is 5.14. The number of aliphatic imine (C=N–C) groups is 1. The van der Waals surface area contributed by atoms with Gasteiger partial charge in [0.1, 0.15) is 5.69 Å². The zero-order valence-electron chi connectivity index (χ0n) is 19.5. The van der Waals surface area contributed by atoms with E-state index in [1.807, 2.05) is 77.7 Å². The van der Waals surface area contributed by atoms with E-state index in [-0.39, 0.29) is 5.91 Å². The molecule has 0 atom stereocenters. The molecule has 0 spiro atoms. The van der Waals surface area contributed by atoms with Gasteiger partial charge in [-0.05, 0) is 29.8 Å². The minimum Gasteiger partial charge on any atom is -0.618 e. The lowest BCUT2D eigenvalue weighted by atomic mass is 10.0. The average Bonchev–Trinajstić information content (AvgIpc) is 3.40. The molecule has 0 unspecified atom stereocenters. The molecular weight excluding hydrogens is 438 g/mol. The lowest BCUT2D eigenvalue weighted by Crippen LogP contribution is -2.49. The lowest BCUT2D eigenvalue weighted by molar-refractivity contribution is -0.358. The molecular formula is C28H27N5O2. The van der Waals surface area contributed by atoms with Crippen LogP contribution in [0, 0.1) is 5.21 Å². The highest BCUT2D eigenvalue weighted by molar-refractivity contribution is 6.51. The maximum absolute atomic E-state index is 13.4. The van der Waals surface area contributed by atoms with Crippen molar-refractivity contribution in [2.45, 2.75) is 6.42 Å². The summed E-state index contributed by atoms with van der Waals surface area (Å²) in [5.74, 6) is 0.914. The van der Waals surface area contributed by atoms with Crippen LogP contribution >= 0.6 is 0 Å². The monoisotopic (exact) mass is 465 g/mol. The third-order valence-corrected chi connectivity index (χ3v) is 6.97. The number of amides is 1. The van der Waals surface area contributed by atoms with Crippen LogP contribution in [0.4, 0.5) is 17.1 Å². The van der Waals surface area contributed by atoms with Crippen molar-refractivity contribution < 1.29 is 9.53 Å². The molecule has 7 nitrogen and oxygen atoms in total. The molecule has 3 aromatic carbocycles. The summed E-state index contributed by atoms with van der Waals surface area (Å²) >= 11 is 0. The highest BCUT2D eigenvalue weighted by atomic mass is 16.5. The van der Waals surface area contributed by atoms with Crippen LogP contribution in [0.1, 0.15) is 11.1 Å². The molecule has 0 N–H and O–H groups in total. The summed E-state index contributed by atoms with van der Waals surface area (Å²) in [6.07, 6.45) is 0.441. The predicted octanol–water partition coefficient (Wildman–Crippen LogP) is 3.44. The highest BCUT2D eigenvalue weighted by Gasteiger charge is 2.38. The fourth-order valence-corrected chi connectivity index (χ4v) is 5.13. The Morgan fingerprint density at radius 3 is 2.34 bits per heavy atom. The zero-order chi connectivity index (χ0) is 23.8. The fraction of sp³-hybridized carbons (Fsp3) is 0.250. The Labute approximate surface area is 204 Å². The van der Waals surface area contributed by atoms with Crippen LogP contribution in [0.3, 0.4) is 0 Å². The van der Waals surface area contributed by atoms with Gasteiger partial charge in [-0.3, -0.25) is 9.79 Å². The van der Waals surface area contributed by atoms with Gasteiger partial charge in [-0.15, -0.1) is 0 Å². The summed E-state index contributed by atoms with van der Waals surface area (Å²) < 4.78 is 1.02. The summed E-state index contributed by atoms with van der Waals surface area (Å²) in [6, 6.07) is 25.7. The molecule has 7 heteroatoms. The molecule has 0 saturated carbocycles. The summed E-state index contributed by atoms with van der Waals surface area (Å²) in [7, 11) is 0. The van der Waals surface area contributed by atoms with E-state index in [4.69, 9.17) is 0 Å². The second-order valence-corrected chi connectivity index (χ2v) is 9.07. The maximum Gasteiger partial charge on any atom is 0.267 e. The number of hydrogen-bond acceptors (Lipinski definition) is 5. The van der Waals surface area contributed by atoms with Gasteiger partial charge in [0.05, 0.1) is 18.5 Å². The molecule has 3 aliphatic rings. The minimum absolute atomic E-state index is 0.171. The molecule has 6 rings (SSSR count). The second-order valence-electron chi connectivity index (χ2n) is 9.07. The smallest absolute Gasteiger partial charge is 0.267 e. The number of amidine groups is 1. The molecule has 176 valence electrons. The molecule has 0 aromatic heterocycles. The van der Waals surface area contributed by atoms with Crippen LogP contribution in [0.15, 0.2) is 83.9 Å². The largest absolute Gasteiger partial charge is 0.618 e. The first-order valence-corrected chi connectivity index (χ1v) is 12.1. The Morgan fingerprint density at radius 1 is 0.886 bits per heavy atom. The van der Waals surface area contributed by atoms with Gasteiger partial charge >= 0.3 is 0 Å². The van der Waals surface area contributed by atoms with Crippen molar-refractivity contribution in [3.8, 4) is 0 Å². The number of rotatable bonds is 4. The number of hydrogen-bond donors (Lipinski definition) is 0. The number of benzene rings is 3. The Hall–Kier alpha value is -4.13. The van der Waals surface area contributed by atoms with Crippen molar-refractivity contribution >= 4 is 34.5 Å². The zero-order valence-corrected chi connectivity index (χ0v) is 19.5. The normalized spacial score (nSPS) is 17.3. The Kier molecular flexibility index (Phi) is 5.45. The maximum atomic E-state index is 13.4. The SMILES string of the molecule is O=C(Cc1ccccc1)N1CCN(c2ccc3c(c2)N2CCN=C2C(c2ccccc2)=[N+]3[O-])CC1. The van der Waals surface area contributed by atoms with Crippen molar-refractivity contribution in [1.82, 2.24) is 4.90 Å². The van der Waals surface area contributed by atoms with Crippen LogP contribution < -0.4 is 9.80 Å². The van der Waals surface area contributed by atoms with Crippen LogP contribution in [-0.2, 0) is 11.2 Å². The average molecular weight is 466 g/mol. The first-order chi connectivity index (χ1) is 17.2. The van der Waals surface area contributed by atoms with Gasteiger partial charge in [-0.1, -0.05) is 48.5 Å². The van der Waals surface area contributed by atoms with Gasteiger partial charge < -0.3 is 19.9 Å². The van der Waals surface area contributed by atoms with Gasteiger partial charge in [-0.25, -0.2) is 0 Å². The van der Waals surface area contributed by atoms with Gasteiger partial charge in [0.15, 0.2) is 0 Å². The van der Waals surface area contributed by atoms with E-state index in [1.54, 1.807) is 0 Å². The summed E-state index contributed by atoms with van der Waals surface area (Å²) in [4.78, 5) is 23.8. The first-order valence-electron chi connectivity index (χ1n) is 12.1. The van der Waals surface area contributed by atoms with E-state index in [2.05, 4.69) is 20.9 Å². The summed E-state index contributed by atoms with van der Waals surface area (Å²) in [6.45, 7) is 4.35. The first kappa shape index (κ1) is 21.4. The highest BCUT2D eigenvalue weighted by Crippen LogP contribution is 2.38. The molecule has 3 heterocycles. The molecule has 1 amide bonds. The van der Waals surface area contributed by atoms with Crippen LogP contribution in [0.2, 0.25) is 0 Å². The molecule has 3 aromatic rings. The van der Waals surface area contributed by atoms with Crippen molar-refractivity contribution in [2.24, 2.45) is 4.99 Å². The van der Waals surface area contributed by atoms with E-state index >= 15 is 0 Å². The summed E-state index contributed by atoms with van der Waals surface area (Å²) in [5, 5.41) is 13.4. The van der Waals surface area contributed by atoms with E-state index in [1.165, 1.54) is 0 Å². The van der Waals surface area contributed by atoms with E-state index < -0.39 is 0 Å². The third kappa shape index (κ3) is 3.93. The molecule has 3 aliphatic heterocycles.